The second-order valence-electron chi connectivity index (χ2n) is 15.0. The number of aliphatic hydroxyl groups excluding tert-OH is 4. The molecule has 7 atom stereocenters. The second-order valence-corrected chi connectivity index (χ2v) is 15.0. The minimum Gasteiger partial charge on any atom is -0.494 e. The van der Waals surface area contributed by atoms with Crippen LogP contribution in [0, 0.1) is 0 Å². The summed E-state index contributed by atoms with van der Waals surface area (Å²) < 4.78 is 5.43. The predicted octanol–water partition coefficient (Wildman–Crippen LogP) is -1.25. The van der Waals surface area contributed by atoms with Crippen molar-refractivity contribution in [3.05, 3.63) is 95.4 Å². The third-order valence-electron chi connectivity index (χ3n) is 10.2. The lowest BCUT2D eigenvalue weighted by Crippen LogP contribution is -2.60. The van der Waals surface area contributed by atoms with Crippen molar-refractivity contribution in [1.82, 2.24) is 36.5 Å². The van der Waals surface area contributed by atoms with Gasteiger partial charge < -0.3 is 66.7 Å². The van der Waals surface area contributed by atoms with Crippen LogP contribution in [0.4, 0.5) is 0 Å². The third kappa shape index (κ3) is 12.8. The molecule has 11 N–H and O–H groups in total. The Bertz CT molecular complexity index is 2270. The first-order valence-electron chi connectivity index (χ1n) is 20.1. The highest BCUT2D eigenvalue weighted by atomic mass is 16.5. The average Bonchev–Trinajstić information content (AvgIpc) is 3.79. The number of ether oxygens (including phenoxy) is 1. The molecule has 0 spiro atoms. The zero-order valence-corrected chi connectivity index (χ0v) is 34.4. The molecule has 2 aliphatic heterocycles. The van der Waals surface area contributed by atoms with Gasteiger partial charge in [0.15, 0.2) is 6.10 Å². The molecule has 0 radical (unpaired) electrons. The molecular weight excluding hydrogens is 823 g/mol. The first-order valence-corrected chi connectivity index (χ1v) is 20.1. The zero-order chi connectivity index (χ0) is 45.8. The molecule has 3 heterocycles. The van der Waals surface area contributed by atoms with Crippen LogP contribution in [0.25, 0.3) is 17.0 Å². The van der Waals surface area contributed by atoms with Crippen LogP contribution in [0.1, 0.15) is 47.8 Å². The van der Waals surface area contributed by atoms with Gasteiger partial charge in [0, 0.05) is 42.7 Å². The lowest BCUT2D eigenvalue weighted by atomic mass is 9.96. The highest BCUT2D eigenvalue weighted by Crippen LogP contribution is 2.24. The molecule has 2 aliphatic rings. The van der Waals surface area contributed by atoms with Crippen LogP contribution in [-0.4, -0.2) is 146 Å². The maximum absolute atomic E-state index is 13.7. The van der Waals surface area contributed by atoms with Crippen molar-refractivity contribution in [1.29, 1.82) is 0 Å². The molecule has 336 valence electrons. The first-order chi connectivity index (χ1) is 30.0. The van der Waals surface area contributed by atoms with Gasteiger partial charge in [0.2, 0.25) is 29.5 Å². The number of H-pyrrole nitrogens is 1. The minimum absolute atomic E-state index is 0.113. The van der Waals surface area contributed by atoms with Gasteiger partial charge in [-0.2, -0.15) is 0 Å². The van der Waals surface area contributed by atoms with Crippen LogP contribution in [0.2, 0.25) is 0 Å². The summed E-state index contributed by atoms with van der Waals surface area (Å²) in [6, 6.07) is 9.29. The number of benzene rings is 2. The van der Waals surface area contributed by atoms with Crippen molar-refractivity contribution in [3.63, 3.8) is 0 Å². The maximum Gasteiger partial charge on any atom is 0.352 e. The van der Waals surface area contributed by atoms with Gasteiger partial charge in [-0.25, -0.2) is 4.79 Å². The molecule has 20 nitrogen and oxygen atoms in total. The summed E-state index contributed by atoms with van der Waals surface area (Å²) in [4.78, 5) is 95.4. The van der Waals surface area contributed by atoms with Crippen molar-refractivity contribution < 1.29 is 63.8 Å². The van der Waals surface area contributed by atoms with Crippen LogP contribution in [0.15, 0.2) is 78.5 Å². The number of likely N-dealkylation sites (N-methyl/N-ethyl adjacent to an activating group) is 1. The van der Waals surface area contributed by atoms with Crippen molar-refractivity contribution >= 4 is 58.4 Å². The van der Waals surface area contributed by atoms with Crippen molar-refractivity contribution in [2.75, 3.05) is 26.7 Å². The number of aliphatic hydroxyl groups is 4. The van der Waals surface area contributed by atoms with E-state index < -0.39 is 103 Å². The summed E-state index contributed by atoms with van der Waals surface area (Å²) in [5, 5.41) is 66.8. The summed E-state index contributed by atoms with van der Waals surface area (Å²) in [5.41, 5.74) is 1.12. The summed E-state index contributed by atoms with van der Waals surface area (Å²) in [6.07, 6.45) is -1.74. The van der Waals surface area contributed by atoms with Crippen molar-refractivity contribution in [2.24, 2.45) is 0 Å². The Balaban J connectivity index is 1.37. The highest BCUT2D eigenvalue weighted by molar-refractivity contribution is 5.99. The number of fused-ring (bicyclic) bond motifs is 2. The van der Waals surface area contributed by atoms with E-state index >= 15 is 0 Å². The summed E-state index contributed by atoms with van der Waals surface area (Å²) >= 11 is 0. The fraction of sp³-hybridized carbons (Fsp3) is 0.372. The van der Waals surface area contributed by atoms with E-state index in [9.17, 15) is 59.1 Å². The Morgan fingerprint density at radius 1 is 0.905 bits per heavy atom. The highest BCUT2D eigenvalue weighted by Gasteiger charge is 2.39. The van der Waals surface area contributed by atoms with E-state index in [1.165, 1.54) is 13.1 Å². The number of para-hydroxylation sites is 1. The quantitative estimate of drug-likeness (QED) is 0.101. The molecule has 2 aromatic carbocycles. The first kappa shape index (κ1) is 47.2. The Labute approximate surface area is 361 Å². The summed E-state index contributed by atoms with van der Waals surface area (Å²) in [6.45, 7) is 1.18. The number of aromatic carboxylic acids is 1. The largest absolute Gasteiger partial charge is 0.494 e. The number of aromatic amines is 1. The normalized spacial score (nSPS) is 24.1. The lowest BCUT2D eigenvalue weighted by molar-refractivity contribution is -0.138. The van der Waals surface area contributed by atoms with Crippen LogP contribution in [0.5, 0.6) is 5.75 Å². The van der Waals surface area contributed by atoms with E-state index in [4.69, 9.17) is 4.74 Å². The molecule has 5 rings (SSSR count). The number of rotatable bonds is 11. The average molecular weight is 874 g/mol. The van der Waals surface area contributed by atoms with Gasteiger partial charge in [-0.15, -0.1) is 0 Å². The molecule has 0 unspecified atom stereocenters. The molecule has 1 saturated heterocycles. The summed E-state index contributed by atoms with van der Waals surface area (Å²) in [5.74, 6) is -6.03. The van der Waals surface area contributed by atoms with Crippen molar-refractivity contribution in [2.45, 2.75) is 75.1 Å². The number of nitrogens with one attached hydrogen (secondary N) is 6. The van der Waals surface area contributed by atoms with E-state index in [-0.39, 0.29) is 36.2 Å². The van der Waals surface area contributed by atoms with Gasteiger partial charge >= 0.3 is 5.97 Å². The fourth-order valence-corrected chi connectivity index (χ4v) is 6.97. The topological polar surface area (TPSA) is 309 Å². The molecule has 1 aromatic heterocycles. The number of carboxylic acids is 1. The Morgan fingerprint density at radius 2 is 1.63 bits per heavy atom. The smallest absolute Gasteiger partial charge is 0.352 e. The number of allylic oxidation sites excluding steroid dienone is 2. The number of hydrogen-bond donors (Lipinski definition) is 11. The number of nitrogens with zero attached hydrogens (tertiary/aromatic N) is 1. The van der Waals surface area contributed by atoms with Gasteiger partial charge in [-0.3, -0.25) is 28.8 Å². The number of β-amino-alcohol motifs (C(OH)–C–C–N with tert-alkyl or cyclic N) is 1. The van der Waals surface area contributed by atoms with E-state index in [0.717, 1.165) is 16.5 Å². The monoisotopic (exact) mass is 873 g/mol. The number of amides is 6. The standard InChI is InChI=1S/C43H51N7O13/c1-3-63-25-15-13-23(14-16-25)9-5-4-6-12-32(52)39(57)38-40(58)42(60)48-29-19-34(54)45-30(29)20-36(56)50(2)22-35(55)46-31(41(59)44-21-24(51)17-33(53)49-38)18-27-26-10-7-8-11-28(26)47-37(27)43(61)62/h4-11,13-16,20,24,29,31-32,38-40,47,51-52,57-58H,3,12,17-19,21-22H2,1-2H3,(H,44,59)(H,45,54)(H,46,55)(H,48,60)(H,49,53)(H,61,62)/b6-4+,9-5+,30-20-/t24-,29-,31-,32+,38-,39-,40+/m1/s1. The molecule has 0 saturated carbocycles. The lowest BCUT2D eigenvalue weighted by Gasteiger charge is -2.31. The van der Waals surface area contributed by atoms with Gasteiger partial charge in [-0.1, -0.05) is 54.6 Å². The van der Waals surface area contributed by atoms with E-state index in [2.05, 4.69) is 31.6 Å². The number of carboxylic acid groups (broad SMARTS) is 1. The van der Waals surface area contributed by atoms with Gasteiger partial charge in [0.05, 0.1) is 50.3 Å². The molecule has 6 amide bonds. The van der Waals surface area contributed by atoms with E-state index in [1.807, 2.05) is 19.1 Å². The molecule has 0 bridgehead atoms. The minimum atomic E-state index is -2.26. The molecule has 0 aliphatic carbocycles. The second kappa shape index (κ2) is 21.8. The fourth-order valence-electron chi connectivity index (χ4n) is 6.97. The molecule has 63 heavy (non-hydrogen) atoms. The van der Waals surface area contributed by atoms with Crippen LogP contribution >= 0.6 is 0 Å². The number of carbonyl (C=O) groups is 7. The van der Waals surface area contributed by atoms with Crippen LogP contribution in [0.3, 0.4) is 0 Å². The van der Waals surface area contributed by atoms with Crippen LogP contribution in [-0.2, 0) is 35.2 Å². The maximum atomic E-state index is 13.7. The third-order valence-corrected chi connectivity index (χ3v) is 10.2. The predicted molar refractivity (Wildman–Crippen MR) is 225 cm³/mol. The number of aromatic nitrogens is 1. The van der Waals surface area contributed by atoms with Gasteiger partial charge in [0.1, 0.15) is 23.6 Å². The number of hydrogen-bond acceptors (Lipinski definition) is 12. The molecular formula is C43H51N7O13. The van der Waals surface area contributed by atoms with Crippen molar-refractivity contribution in [3.8, 4) is 5.75 Å². The Hall–Kier alpha value is -6.87. The number of carbonyl (C=O) groups excluding carboxylic acids is 6. The van der Waals surface area contributed by atoms with E-state index in [1.54, 1.807) is 54.6 Å². The van der Waals surface area contributed by atoms with Gasteiger partial charge in [-0.05, 0) is 42.7 Å². The summed E-state index contributed by atoms with van der Waals surface area (Å²) in [7, 11) is 1.25. The Kier molecular flexibility index (Phi) is 16.3. The van der Waals surface area contributed by atoms with Gasteiger partial charge in [0.25, 0.3) is 5.91 Å². The van der Waals surface area contributed by atoms with Crippen LogP contribution < -0.4 is 31.3 Å². The molecule has 20 heteroatoms. The molecule has 3 aromatic rings. The zero-order valence-electron chi connectivity index (χ0n) is 34.4. The molecule has 1 fully saturated rings. The SMILES string of the molecule is CCOc1ccc(/C=C/C=C/C[C@H](O)[C@@H](O)[C@H]2NC(=O)C[C@@H](O)CNC(=O)[C@@H](Cc3c(C(=O)O)[nH]c4ccccc34)NC(=O)CN(C)C(=O)/C=C3\NC(=O)C[C@H]3NC(=O)[C@H]2O)cc1. The van der Waals surface area contributed by atoms with E-state index in [0.29, 0.717) is 23.3 Å². The Morgan fingerprint density at radius 3 is 2.35 bits per heavy atom.